The van der Waals surface area contributed by atoms with E-state index in [1.54, 1.807) is 36.4 Å². The van der Waals surface area contributed by atoms with Gasteiger partial charge in [0.1, 0.15) is 11.6 Å². The van der Waals surface area contributed by atoms with Crippen molar-refractivity contribution in [1.29, 1.82) is 0 Å². The van der Waals surface area contributed by atoms with E-state index in [1.807, 2.05) is 6.92 Å². The van der Waals surface area contributed by atoms with Gasteiger partial charge in [0.15, 0.2) is 5.82 Å². The Balaban J connectivity index is 0.00000272. The van der Waals surface area contributed by atoms with Crippen LogP contribution in [0.5, 0.6) is 5.75 Å². The molecule has 1 heterocycles. The maximum atomic E-state index is 13.8. The normalized spacial score (nSPS) is 13.9. The number of carboxylic acids is 1. The molecule has 154 valence electrons. The first-order chi connectivity index (χ1) is 14.4. The number of carbonyl (C=O) groups is 1. The standard InChI is InChI=1S/C23H20ClFN2O3.Na/c1-2-30-20-11-16(25)7-8-18(20)19-12-17(13-23(9-10-23)22(28)29)26-21(27-19)14-3-5-15(24)6-4-14;/h3-8,11-12H,2,9-10,13H2,1H3,(H,28,29);/q;+1/p-1. The van der Waals surface area contributed by atoms with E-state index in [4.69, 9.17) is 16.3 Å². The number of hydrogen-bond acceptors (Lipinski definition) is 5. The maximum Gasteiger partial charge on any atom is 1.00 e. The van der Waals surface area contributed by atoms with Gasteiger partial charge in [-0.25, -0.2) is 14.4 Å². The summed E-state index contributed by atoms with van der Waals surface area (Å²) >= 11 is 5.99. The summed E-state index contributed by atoms with van der Waals surface area (Å²) in [6.45, 7) is 2.18. The fourth-order valence-corrected chi connectivity index (χ4v) is 3.51. The molecule has 31 heavy (non-hydrogen) atoms. The van der Waals surface area contributed by atoms with Crippen LogP contribution in [0.2, 0.25) is 5.02 Å². The van der Waals surface area contributed by atoms with Gasteiger partial charge in [-0.15, -0.1) is 0 Å². The Morgan fingerprint density at radius 3 is 2.48 bits per heavy atom. The number of ether oxygens (including phenoxy) is 1. The molecule has 0 radical (unpaired) electrons. The third-order valence-corrected chi connectivity index (χ3v) is 5.46. The maximum absolute atomic E-state index is 13.8. The van der Waals surface area contributed by atoms with Crippen molar-refractivity contribution in [3.63, 3.8) is 0 Å². The predicted octanol–water partition coefficient (Wildman–Crippen LogP) is 1.08. The zero-order valence-corrected chi connectivity index (χ0v) is 20.1. The quantitative estimate of drug-likeness (QED) is 0.506. The zero-order chi connectivity index (χ0) is 21.3. The first-order valence-corrected chi connectivity index (χ1v) is 10.1. The molecular weight excluding hydrogens is 430 g/mol. The van der Waals surface area contributed by atoms with Crippen molar-refractivity contribution in [2.75, 3.05) is 6.61 Å². The monoisotopic (exact) mass is 448 g/mol. The van der Waals surface area contributed by atoms with Crippen LogP contribution in [0.25, 0.3) is 22.6 Å². The molecule has 0 amide bonds. The van der Waals surface area contributed by atoms with Gasteiger partial charge in [-0.2, -0.15) is 0 Å². The van der Waals surface area contributed by atoms with Gasteiger partial charge < -0.3 is 14.6 Å². The summed E-state index contributed by atoms with van der Waals surface area (Å²) < 4.78 is 19.4. The van der Waals surface area contributed by atoms with Crippen molar-refractivity contribution in [1.82, 2.24) is 9.97 Å². The molecule has 0 atom stereocenters. The van der Waals surface area contributed by atoms with Crippen LogP contribution in [0.15, 0.2) is 48.5 Å². The van der Waals surface area contributed by atoms with E-state index in [0.717, 1.165) is 5.56 Å². The number of hydrogen-bond donors (Lipinski definition) is 0. The Hall–Kier alpha value is -1.99. The summed E-state index contributed by atoms with van der Waals surface area (Å²) in [5.41, 5.74) is 1.58. The number of nitrogens with zero attached hydrogens (tertiary/aromatic N) is 2. The number of carboxylic acid groups (broad SMARTS) is 1. The molecule has 1 saturated carbocycles. The molecule has 8 heteroatoms. The number of aromatic nitrogens is 2. The Labute approximate surface area is 206 Å². The van der Waals surface area contributed by atoms with E-state index in [0.29, 0.717) is 53.0 Å². The number of benzene rings is 2. The van der Waals surface area contributed by atoms with Crippen molar-refractivity contribution < 1.29 is 48.6 Å². The minimum absolute atomic E-state index is 0. The first-order valence-electron chi connectivity index (χ1n) is 9.68. The third-order valence-electron chi connectivity index (χ3n) is 5.21. The molecule has 1 aromatic heterocycles. The van der Waals surface area contributed by atoms with Crippen molar-refractivity contribution in [3.05, 3.63) is 65.1 Å². The van der Waals surface area contributed by atoms with Crippen LogP contribution in [-0.2, 0) is 11.2 Å². The molecule has 2 aromatic carbocycles. The van der Waals surface area contributed by atoms with E-state index in [9.17, 15) is 14.3 Å². The first kappa shape index (κ1) is 23.7. The van der Waals surface area contributed by atoms with Gasteiger partial charge >= 0.3 is 29.6 Å². The van der Waals surface area contributed by atoms with Crippen LogP contribution in [-0.4, -0.2) is 22.5 Å². The third kappa shape index (κ3) is 5.26. The summed E-state index contributed by atoms with van der Waals surface area (Å²) in [6.07, 6.45) is 1.37. The van der Waals surface area contributed by atoms with E-state index in [2.05, 4.69) is 9.97 Å². The van der Waals surface area contributed by atoms with E-state index in [-0.39, 0.29) is 36.0 Å². The summed E-state index contributed by atoms with van der Waals surface area (Å²) in [6, 6.07) is 13.1. The minimum atomic E-state index is -1.06. The Morgan fingerprint density at radius 2 is 1.87 bits per heavy atom. The predicted molar refractivity (Wildman–Crippen MR) is 109 cm³/mol. The van der Waals surface area contributed by atoms with Gasteiger partial charge in [0.25, 0.3) is 0 Å². The van der Waals surface area contributed by atoms with Crippen molar-refractivity contribution >= 4 is 17.6 Å². The second-order valence-corrected chi connectivity index (χ2v) is 7.83. The van der Waals surface area contributed by atoms with Crippen LogP contribution in [0, 0.1) is 11.2 Å². The van der Waals surface area contributed by atoms with E-state index in [1.165, 1.54) is 12.1 Å². The SMILES string of the molecule is CCOc1cc(F)ccc1-c1cc(CC2(C(=O)[O-])CC2)nc(-c2ccc(Cl)cc2)n1.[Na+]. The zero-order valence-electron chi connectivity index (χ0n) is 17.3. The molecule has 5 nitrogen and oxygen atoms in total. The second-order valence-electron chi connectivity index (χ2n) is 7.39. The number of rotatable bonds is 7. The molecule has 1 fully saturated rings. The fourth-order valence-electron chi connectivity index (χ4n) is 3.39. The van der Waals surface area contributed by atoms with Crippen molar-refractivity contribution in [3.8, 4) is 28.4 Å². The van der Waals surface area contributed by atoms with Gasteiger partial charge in [0, 0.05) is 45.7 Å². The van der Waals surface area contributed by atoms with Crippen molar-refractivity contribution in [2.45, 2.75) is 26.2 Å². The van der Waals surface area contributed by atoms with Crippen LogP contribution in [0.3, 0.4) is 0 Å². The molecule has 0 N–H and O–H groups in total. The molecule has 0 saturated heterocycles. The second kappa shape index (κ2) is 9.65. The summed E-state index contributed by atoms with van der Waals surface area (Å²) in [5, 5.41) is 12.2. The topological polar surface area (TPSA) is 75.1 Å². The van der Waals surface area contributed by atoms with E-state index < -0.39 is 17.2 Å². The minimum Gasteiger partial charge on any atom is -0.550 e. The van der Waals surface area contributed by atoms with Crippen molar-refractivity contribution in [2.24, 2.45) is 5.41 Å². The molecule has 0 unspecified atom stereocenters. The molecule has 0 bridgehead atoms. The Bertz CT molecular complexity index is 1100. The summed E-state index contributed by atoms with van der Waals surface area (Å²) in [7, 11) is 0. The molecule has 4 rings (SSSR count). The molecule has 0 spiro atoms. The van der Waals surface area contributed by atoms with Crippen LogP contribution in [0.1, 0.15) is 25.5 Å². The molecule has 1 aliphatic carbocycles. The Morgan fingerprint density at radius 1 is 1.16 bits per heavy atom. The van der Waals surface area contributed by atoms with E-state index >= 15 is 0 Å². The number of halogens is 2. The molecular formula is C23H19ClFN2NaO3. The number of aliphatic carboxylic acids is 1. The molecule has 0 aliphatic heterocycles. The summed E-state index contributed by atoms with van der Waals surface area (Å²) in [5.74, 6) is -0.680. The van der Waals surface area contributed by atoms with Gasteiger partial charge in [-0.3, -0.25) is 0 Å². The van der Waals surface area contributed by atoms with Gasteiger partial charge in [-0.1, -0.05) is 11.6 Å². The fraction of sp³-hybridized carbons (Fsp3) is 0.261. The Kier molecular flexibility index (Phi) is 7.37. The molecule has 3 aromatic rings. The largest absolute Gasteiger partial charge is 1.00 e. The van der Waals surface area contributed by atoms with Crippen LogP contribution < -0.4 is 39.4 Å². The molecule has 1 aliphatic rings. The summed E-state index contributed by atoms with van der Waals surface area (Å²) in [4.78, 5) is 20.8. The van der Waals surface area contributed by atoms with Gasteiger partial charge in [0.2, 0.25) is 0 Å². The van der Waals surface area contributed by atoms with Gasteiger partial charge in [0.05, 0.1) is 12.3 Å². The van der Waals surface area contributed by atoms with Crippen LogP contribution >= 0.6 is 11.6 Å². The van der Waals surface area contributed by atoms with Gasteiger partial charge in [-0.05, 0) is 62.2 Å². The van der Waals surface area contributed by atoms with Crippen LogP contribution in [0.4, 0.5) is 4.39 Å². The average molecular weight is 449 g/mol. The average Bonchev–Trinajstić information content (AvgIpc) is 3.49. The smallest absolute Gasteiger partial charge is 0.550 e. The number of carbonyl (C=O) groups excluding carboxylic acids is 1.